The third-order valence-electron chi connectivity index (χ3n) is 6.08. The number of piperidine rings is 1. The Bertz CT molecular complexity index is 838. The second-order valence-corrected chi connectivity index (χ2v) is 7.94. The molecule has 0 aromatic heterocycles. The van der Waals surface area contributed by atoms with Crippen LogP contribution in [0.1, 0.15) is 51.8 Å². The van der Waals surface area contributed by atoms with E-state index in [4.69, 9.17) is 0 Å². The molecule has 1 aliphatic heterocycles. The standard InChI is InChI=1S/C23H28N2O/c1-15-10-19(11-16(2)21(15)14-24)23(6-8-25(5)9-7-23)20-12-17(3)22(26)18(4)13-20/h10-13,26H,6-9H2,1-5H3. The van der Waals surface area contributed by atoms with E-state index >= 15 is 0 Å². The molecule has 0 radical (unpaired) electrons. The number of benzene rings is 2. The zero-order valence-electron chi connectivity index (χ0n) is 16.5. The van der Waals surface area contributed by atoms with E-state index in [1.54, 1.807) is 0 Å². The number of hydrogen-bond donors (Lipinski definition) is 1. The molecule has 136 valence electrons. The van der Waals surface area contributed by atoms with Crippen molar-refractivity contribution < 1.29 is 5.11 Å². The lowest BCUT2D eigenvalue weighted by Crippen LogP contribution is -2.41. The van der Waals surface area contributed by atoms with Crippen molar-refractivity contribution >= 4 is 0 Å². The van der Waals surface area contributed by atoms with Crippen LogP contribution < -0.4 is 0 Å². The van der Waals surface area contributed by atoms with Gasteiger partial charge in [0.2, 0.25) is 0 Å². The van der Waals surface area contributed by atoms with Gasteiger partial charge >= 0.3 is 0 Å². The van der Waals surface area contributed by atoms with E-state index in [1.807, 2.05) is 27.7 Å². The molecule has 2 aromatic carbocycles. The van der Waals surface area contributed by atoms with Crippen LogP contribution >= 0.6 is 0 Å². The third kappa shape index (κ3) is 2.99. The average molecular weight is 348 g/mol. The highest BCUT2D eigenvalue weighted by Gasteiger charge is 2.38. The Kier molecular flexibility index (Phi) is 4.82. The Morgan fingerprint density at radius 1 is 0.885 bits per heavy atom. The predicted octanol–water partition coefficient (Wildman–Crippen LogP) is 4.51. The zero-order valence-corrected chi connectivity index (χ0v) is 16.5. The number of aryl methyl sites for hydroxylation is 4. The first-order valence-corrected chi connectivity index (χ1v) is 9.29. The second-order valence-electron chi connectivity index (χ2n) is 7.94. The predicted molar refractivity (Wildman–Crippen MR) is 106 cm³/mol. The van der Waals surface area contributed by atoms with E-state index in [-0.39, 0.29) is 5.41 Å². The molecule has 0 saturated carbocycles. The molecule has 0 aliphatic carbocycles. The summed E-state index contributed by atoms with van der Waals surface area (Å²) >= 11 is 0. The summed E-state index contributed by atoms with van der Waals surface area (Å²) in [5, 5.41) is 19.7. The van der Waals surface area contributed by atoms with Gasteiger partial charge in [0.25, 0.3) is 0 Å². The molecule has 1 aliphatic rings. The van der Waals surface area contributed by atoms with Crippen LogP contribution in [0.2, 0.25) is 0 Å². The van der Waals surface area contributed by atoms with E-state index in [2.05, 4.69) is 42.3 Å². The van der Waals surface area contributed by atoms with Gasteiger partial charge in [-0.25, -0.2) is 0 Å². The minimum Gasteiger partial charge on any atom is -0.507 e. The van der Waals surface area contributed by atoms with Crippen LogP contribution in [-0.4, -0.2) is 30.1 Å². The molecular formula is C23H28N2O. The van der Waals surface area contributed by atoms with Crippen LogP contribution in [0.25, 0.3) is 0 Å². The highest BCUT2D eigenvalue weighted by molar-refractivity contribution is 5.53. The number of aromatic hydroxyl groups is 1. The molecule has 1 heterocycles. The molecule has 0 spiro atoms. The van der Waals surface area contributed by atoms with Crippen LogP contribution in [0.15, 0.2) is 24.3 Å². The van der Waals surface area contributed by atoms with Crippen molar-refractivity contribution in [1.82, 2.24) is 4.90 Å². The maximum absolute atomic E-state index is 10.2. The van der Waals surface area contributed by atoms with Gasteiger partial charge in [-0.05, 0) is 94.1 Å². The van der Waals surface area contributed by atoms with Gasteiger partial charge in [0.05, 0.1) is 11.6 Å². The topological polar surface area (TPSA) is 47.3 Å². The van der Waals surface area contributed by atoms with Gasteiger partial charge in [0.15, 0.2) is 0 Å². The van der Waals surface area contributed by atoms with Crippen molar-refractivity contribution in [3.05, 3.63) is 63.2 Å². The molecular weight excluding hydrogens is 320 g/mol. The largest absolute Gasteiger partial charge is 0.507 e. The molecule has 3 rings (SSSR count). The fraction of sp³-hybridized carbons (Fsp3) is 0.435. The van der Waals surface area contributed by atoms with Crippen molar-refractivity contribution in [2.45, 2.75) is 46.0 Å². The van der Waals surface area contributed by atoms with Gasteiger partial charge in [-0.3, -0.25) is 0 Å². The second kappa shape index (κ2) is 6.78. The summed E-state index contributed by atoms with van der Waals surface area (Å²) in [4.78, 5) is 2.38. The molecule has 0 unspecified atom stereocenters. The number of phenolic OH excluding ortho intramolecular Hbond substituents is 1. The van der Waals surface area contributed by atoms with Crippen LogP contribution in [0.5, 0.6) is 5.75 Å². The smallest absolute Gasteiger partial charge is 0.121 e. The minimum absolute atomic E-state index is 0.0702. The van der Waals surface area contributed by atoms with Crippen molar-refractivity contribution in [2.24, 2.45) is 0 Å². The summed E-state index contributed by atoms with van der Waals surface area (Å²) in [6.45, 7) is 10.1. The molecule has 3 nitrogen and oxygen atoms in total. The van der Waals surface area contributed by atoms with Gasteiger partial charge in [-0.1, -0.05) is 24.3 Å². The van der Waals surface area contributed by atoms with Gasteiger partial charge < -0.3 is 10.0 Å². The van der Waals surface area contributed by atoms with Crippen molar-refractivity contribution in [3.63, 3.8) is 0 Å². The van der Waals surface area contributed by atoms with Crippen LogP contribution in [0, 0.1) is 39.0 Å². The lowest BCUT2D eigenvalue weighted by molar-refractivity contribution is 0.213. The molecule has 2 aromatic rings. The molecule has 3 heteroatoms. The highest BCUT2D eigenvalue weighted by Crippen LogP contribution is 2.44. The van der Waals surface area contributed by atoms with E-state index < -0.39 is 0 Å². The Morgan fingerprint density at radius 2 is 1.31 bits per heavy atom. The Balaban J connectivity index is 2.23. The summed E-state index contributed by atoms with van der Waals surface area (Å²) in [5.74, 6) is 0.393. The van der Waals surface area contributed by atoms with Crippen molar-refractivity contribution in [2.75, 3.05) is 20.1 Å². The summed E-state index contributed by atoms with van der Waals surface area (Å²) in [6.07, 6.45) is 2.08. The number of likely N-dealkylation sites (tertiary alicyclic amines) is 1. The lowest BCUT2D eigenvalue weighted by atomic mass is 9.66. The molecule has 1 saturated heterocycles. The van der Waals surface area contributed by atoms with Crippen LogP contribution in [0.4, 0.5) is 0 Å². The van der Waals surface area contributed by atoms with Crippen LogP contribution in [-0.2, 0) is 5.41 Å². The number of nitriles is 1. The molecule has 0 atom stereocenters. The highest BCUT2D eigenvalue weighted by atomic mass is 16.3. The number of rotatable bonds is 2. The monoisotopic (exact) mass is 348 g/mol. The fourth-order valence-corrected chi connectivity index (χ4v) is 4.39. The minimum atomic E-state index is -0.0702. The van der Waals surface area contributed by atoms with Crippen molar-refractivity contribution in [3.8, 4) is 11.8 Å². The first-order valence-electron chi connectivity index (χ1n) is 9.29. The van der Waals surface area contributed by atoms with Crippen LogP contribution in [0.3, 0.4) is 0 Å². The Labute approximate surface area is 156 Å². The van der Waals surface area contributed by atoms with Gasteiger partial charge in [-0.15, -0.1) is 0 Å². The quantitative estimate of drug-likeness (QED) is 0.868. The molecule has 26 heavy (non-hydrogen) atoms. The molecule has 1 fully saturated rings. The summed E-state index contributed by atoms with van der Waals surface area (Å²) in [6, 6.07) is 11.0. The number of nitrogens with zero attached hydrogens (tertiary/aromatic N) is 2. The van der Waals surface area contributed by atoms with E-state index in [9.17, 15) is 10.4 Å². The SMILES string of the molecule is Cc1cc(C2(c3cc(C)c(C#N)c(C)c3)CCN(C)CC2)cc(C)c1O. The molecule has 0 bridgehead atoms. The van der Waals surface area contributed by atoms with E-state index in [0.29, 0.717) is 5.75 Å². The average Bonchev–Trinajstić information content (AvgIpc) is 2.60. The Hall–Kier alpha value is -2.31. The fourth-order valence-electron chi connectivity index (χ4n) is 4.39. The number of hydrogen-bond acceptors (Lipinski definition) is 3. The third-order valence-corrected chi connectivity index (χ3v) is 6.08. The Morgan fingerprint density at radius 3 is 1.73 bits per heavy atom. The lowest BCUT2D eigenvalue weighted by Gasteiger charge is -2.42. The maximum atomic E-state index is 10.2. The van der Waals surface area contributed by atoms with E-state index in [1.165, 1.54) is 11.1 Å². The maximum Gasteiger partial charge on any atom is 0.121 e. The first-order chi connectivity index (χ1) is 12.3. The molecule has 1 N–H and O–H groups in total. The summed E-state index contributed by atoms with van der Waals surface area (Å²) in [7, 11) is 2.17. The first kappa shape index (κ1) is 18.5. The molecule has 0 amide bonds. The number of phenols is 1. The summed E-state index contributed by atoms with van der Waals surface area (Å²) < 4.78 is 0. The van der Waals surface area contributed by atoms with Gasteiger partial charge in [0, 0.05) is 5.41 Å². The van der Waals surface area contributed by atoms with Gasteiger partial charge in [0.1, 0.15) is 5.75 Å². The normalized spacial score (nSPS) is 17.1. The van der Waals surface area contributed by atoms with Gasteiger partial charge in [-0.2, -0.15) is 5.26 Å². The zero-order chi connectivity index (χ0) is 19.1. The van der Waals surface area contributed by atoms with E-state index in [0.717, 1.165) is 53.7 Å². The summed E-state index contributed by atoms with van der Waals surface area (Å²) in [5.41, 5.74) is 7.25. The van der Waals surface area contributed by atoms with Crippen molar-refractivity contribution in [1.29, 1.82) is 5.26 Å².